The van der Waals surface area contributed by atoms with Gasteiger partial charge in [0.1, 0.15) is 0 Å². The number of halogens is 6. The van der Waals surface area contributed by atoms with E-state index in [0.717, 1.165) is 52.5 Å². The molecule has 0 radical (unpaired) electrons. The molecule has 1 aromatic heterocycles. The number of hydrogen-bond donors (Lipinski definition) is 2. The summed E-state index contributed by atoms with van der Waals surface area (Å²) in [6.07, 6.45) is -5.37. The summed E-state index contributed by atoms with van der Waals surface area (Å²) in [4.78, 5) is 27.5. The molecule has 4 rings (SSSR count). The molecule has 9 nitrogen and oxygen atoms in total. The number of carbonyl (C=O) groups is 2. The van der Waals surface area contributed by atoms with E-state index < -0.39 is 24.3 Å². The zero-order valence-corrected chi connectivity index (χ0v) is 19.7. The normalized spacial score (nSPS) is 25.0. The minimum atomic E-state index is -5.08. The Bertz CT molecular complexity index is 828. The van der Waals surface area contributed by atoms with Crippen LogP contribution >= 0.6 is 0 Å². The molecule has 0 aromatic carbocycles. The van der Waals surface area contributed by atoms with E-state index in [1.54, 1.807) is 0 Å². The lowest BCUT2D eigenvalue weighted by atomic mass is 9.84. The first kappa shape index (κ1) is 30.7. The minimum absolute atomic E-state index is 0.404. The first-order valence-electron chi connectivity index (χ1n) is 11.4. The molecule has 210 valence electrons. The minimum Gasteiger partial charge on any atom is -0.475 e. The van der Waals surface area contributed by atoms with E-state index in [9.17, 15) is 26.3 Å². The molecule has 15 heteroatoms. The molecule has 0 amide bonds. The molecule has 37 heavy (non-hydrogen) atoms. The van der Waals surface area contributed by atoms with Gasteiger partial charge < -0.3 is 19.7 Å². The number of carboxylic acid groups (broad SMARTS) is 2. The highest BCUT2D eigenvalue weighted by Crippen LogP contribution is 2.32. The second-order valence-electron chi connectivity index (χ2n) is 8.57. The average Bonchev–Trinajstić information content (AvgIpc) is 2.84. The number of nitrogens with zero attached hydrogens (tertiary/aromatic N) is 3. The van der Waals surface area contributed by atoms with E-state index in [4.69, 9.17) is 29.3 Å². The Morgan fingerprint density at radius 1 is 0.973 bits per heavy atom. The molecule has 3 saturated heterocycles. The van der Waals surface area contributed by atoms with Crippen LogP contribution in [-0.2, 0) is 25.6 Å². The second-order valence-corrected chi connectivity index (χ2v) is 8.57. The molecule has 3 aliphatic rings. The van der Waals surface area contributed by atoms with Gasteiger partial charge in [0.15, 0.2) is 0 Å². The summed E-state index contributed by atoms with van der Waals surface area (Å²) in [6.45, 7) is 7.89. The predicted octanol–water partition coefficient (Wildman–Crippen LogP) is 2.66. The number of ether oxygens (including phenoxy) is 2. The second kappa shape index (κ2) is 13.9. The van der Waals surface area contributed by atoms with Gasteiger partial charge in [0.25, 0.3) is 0 Å². The Labute approximate surface area is 209 Å². The molecule has 4 heterocycles. The van der Waals surface area contributed by atoms with Crippen molar-refractivity contribution in [2.45, 2.75) is 43.9 Å². The number of rotatable bonds is 3. The van der Waals surface area contributed by atoms with Gasteiger partial charge in [-0.1, -0.05) is 6.07 Å². The van der Waals surface area contributed by atoms with Crippen LogP contribution in [0.25, 0.3) is 0 Å². The van der Waals surface area contributed by atoms with Crippen molar-refractivity contribution in [3.8, 4) is 0 Å². The number of likely N-dealkylation sites (tertiary alicyclic amines) is 1. The fraction of sp³-hybridized carbons (Fsp3) is 0.682. The van der Waals surface area contributed by atoms with Crippen LogP contribution in [0.3, 0.4) is 0 Å². The van der Waals surface area contributed by atoms with Crippen LogP contribution in [0.2, 0.25) is 0 Å². The lowest BCUT2D eigenvalue weighted by molar-refractivity contribution is -0.193. The predicted molar refractivity (Wildman–Crippen MR) is 116 cm³/mol. The maximum Gasteiger partial charge on any atom is 0.490 e. The maximum absolute atomic E-state index is 10.6. The van der Waals surface area contributed by atoms with Crippen LogP contribution in [-0.4, -0.2) is 107 Å². The largest absolute Gasteiger partial charge is 0.490 e. The molecule has 3 fully saturated rings. The van der Waals surface area contributed by atoms with Crippen molar-refractivity contribution in [1.29, 1.82) is 0 Å². The summed E-state index contributed by atoms with van der Waals surface area (Å²) in [6, 6.07) is 6.70. The summed E-state index contributed by atoms with van der Waals surface area (Å²) < 4.78 is 75.2. The average molecular weight is 545 g/mol. The fourth-order valence-corrected chi connectivity index (χ4v) is 4.34. The highest BCUT2D eigenvalue weighted by Gasteiger charge is 2.42. The monoisotopic (exact) mass is 545 g/mol. The summed E-state index contributed by atoms with van der Waals surface area (Å²) in [5, 5.41) is 14.2. The quantitative estimate of drug-likeness (QED) is 0.554. The van der Waals surface area contributed by atoms with Crippen LogP contribution in [0, 0.1) is 5.92 Å². The third-order valence-corrected chi connectivity index (χ3v) is 5.92. The first-order chi connectivity index (χ1) is 17.3. The number of piperidine rings is 1. The summed E-state index contributed by atoms with van der Waals surface area (Å²) in [5.41, 5.74) is 1.17. The van der Waals surface area contributed by atoms with Crippen molar-refractivity contribution in [2.24, 2.45) is 5.92 Å². The number of aromatic nitrogens is 1. The third kappa shape index (κ3) is 10.4. The zero-order valence-electron chi connectivity index (χ0n) is 19.7. The number of morpholine rings is 1. The molecule has 3 aliphatic heterocycles. The van der Waals surface area contributed by atoms with Crippen molar-refractivity contribution in [3.63, 3.8) is 0 Å². The van der Waals surface area contributed by atoms with Crippen LogP contribution in [0.1, 0.15) is 18.5 Å². The van der Waals surface area contributed by atoms with Crippen molar-refractivity contribution >= 4 is 11.9 Å². The van der Waals surface area contributed by atoms with Gasteiger partial charge in [-0.3, -0.25) is 14.8 Å². The molecular weight excluding hydrogens is 516 g/mol. The van der Waals surface area contributed by atoms with Gasteiger partial charge in [0.05, 0.1) is 25.0 Å². The molecule has 0 unspecified atom stereocenters. The Hall–Kier alpha value is -2.49. The number of pyridine rings is 1. The van der Waals surface area contributed by atoms with Crippen LogP contribution in [0.5, 0.6) is 0 Å². The maximum atomic E-state index is 10.6. The first-order valence-corrected chi connectivity index (χ1v) is 11.4. The third-order valence-electron chi connectivity index (χ3n) is 5.92. The molecule has 0 aliphatic carbocycles. The highest BCUT2D eigenvalue weighted by molar-refractivity contribution is 5.73. The van der Waals surface area contributed by atoms with Gasteiger partial charge in [-0.15, -0.1) is 0 Å². The van der Waals surface area contributed by atoms with E-state index in [1.807, 2.05) is 12.3 Å². The van der Waals surface area contributed by atoms with Gasteiger partial charge in [-0.2, -0.15) is 26.3 Å². The van der Waals surface area contributed by atoms with Crippen LogP contribution in [0.4, 0.5) is 26.3 Å². The van der Waals surface area contributed by atoms with Gasteiger partial charge in [0.2, 0.25) is 0 Å². The fourth-order valence-electron chi connectivity index (χ4n) is 4.34. The zero-order chi connectivity index (χ0) is 27.6. The molecule has 2 N–H and O–H groups in total. The van der Waals surface area contributed by atoms with Gasteiger partial charge in [-0.25, -0.2) is 9.59 Å². The molecule has 3 atom stereocenters. The number of aliphatic carboxylic acids is 2. The van der Waals surface area contributed by atoms with E-state index in [1.165, 1.54) is 18.5 Å². The van der Waals surface area contributed by atoms with Crippen molar-refractivity contribution in [3.05, 3.63) is 30.1 Å². The number of hydrogen-bond acceptors (Lipinski definition) is 7. The molecular formula is C22H29F6N3O6. The molecule has 0 saturated carbocycles. The number of carboxylic acids is 2. The van der Waals surface area contributed by atoms with E-state index in [2.05, 4.69) is 26.9 Å². The Morgan fingerprint density at radius 2 is 1.57 bits per heavy atom. The van der Waals surface area contributed by atoms with E-state index in [-0.39, 0.29) is 0 Å². The van der Waals surface area contributed by atoms with Crippen molar-refractivity contribution in [1.82, 2.24) is 14.8 Å². The summed E-state index contributed by atoms with van der Waals surface area (Å²) >= 11 is 0. The standard InChI is InChI=1S/C18H27N3O2.2C2HF3O2/c1-2-6-19-16(5-1)13-20-12-15-4-3-9-23-18(15)17(14-20)21-7-10-22-11-8-21;2*3-2(4,5)1(6)7/h1-2,5-6,15,17-18H,3-4,7-14H2;2*(H,6,7)/t15-,17+,18-;;/m0../s1. The van der Waals surface area contributed by atoms with Crippen molar-refractivity contribution in [2.75, 3.05) is 46.0 Å². The molecule has 1 aromatic rings. The molecule has 0 bridgehead atoms. The van der Waals surface area contributed by atoms with Gasteiger partial charge in [-0.05, 0) is 30.9 Å². The van der Waals surface area contributed by atoms with E-state index in [0.29, 0.717) is 18.1 Å². The number of alkyl halides is 6. The topological polar surface area (TPSA) is 112 Å². The van der Waals surface area contributed by atoms with Crippen molar-refractivity contribution < 1.29 is 55.6 Å². The lowest BCUT2D eigenvalue weighted by Gasteiger charge is -2.50. The Balaban J connectivity index is 0.000000286. The smallest absolute Gasteiger partial charge is 0.475 e. The van der Waals surface area contributed by atoms with Gasteiger partial charge >= 0.3 is 24.3 Å². The highest BCUT2D eigenvalue weighted by atomic mass is 19.4. The Morgan fingerprint density at radius 3 is 2.08 bits per heavy atom. The summed E-state index contributed by atoms with van der Waals surface area (Å²) in [7, 11) is 0. The number of fused-ring (bicyclic) bond motifs is 1. The van der Waals surface area contributed by atoms with Crippen LogP contribution in [0.15, 0.2) is 24.4 Å². The van der Waals surface area contributed by atoms with E-state index >= 15 is 0 Å². The Kier molecular flexibility index (Phi) is 11.5. The molecule has 0 spiro atoms. The lowest BCUT2D eigenvalue weighted by Crippen LogP contribution is -2.62. The van der Waals surface area contributed by atoms with Crippen LogP contribution < -0.4 is 0 Å². The summed E-state index contributed by atoms with van der Waals surface area (Å²) in [5.74, 6) is -4.85. The van der Waals surface area contributed by atoms with Gasteiger partial charge in [0, 0.05) is 51.6 Å². The SMILES string of the molecule is O=C(O)C(F)(F)F.O=C(O)C(F)(F)F.c1ccc(CN2C[C@@H]3CCCO[C@@H]3[C@H](N3CCOCC3)C2)nc1.